The first-order chi connectivity index (χ1) is 12.9. The summed E-state index contributed by atoms with van der Waals surface area (Å²) < 4.78 is 1.82. The first-order valence-corrected chi connectivity index (χ1v) is 9.21. The normalized spacial score (nSPS) is 19.1. The Morgan fingerprint density at radius 3 is 2.44 bits per heavy atom. The first-order valence-electron chi connectivity index (χ1n) is 8.84. The summed E-state index contributed by atoms with van der Waals surface area (Å²) in [7, 11) is 0. The number of benzene rings is 1. The molecule has 0 bridgehead atoms. The molecule has 0 saturated carbocycles. The molecular weight excluding hydrogens is 366 g/mol. The molecule has 1 amide bonds. The topological polar surface area (TPSA) is 84.2 Å². The van der Waals surface area contributed by atoms with Gasteiger partial charge in [-0.05, 0) is 44.4 Å². The van der Waals surface area contributed by atoms with Gasteiger partial charge in [-0.2, -0.15) is 5.10 Å². The van der Waals surface area contributed by atoms with Crippen LogP contribution in [-0.2, 0) is 16.1 Å². The van der Waals surface area contributed by atoms with Crippen molar-refractivity contribution in [3.8, 4) is 0 Å². The lowest BCUT2D eigenvalue weighted by Crippen LogP contribution is -2.35. The molecule has 1 aromatic carbocycles. The van der Waals surface area contributed by atoms with Gasteiger partial charge in [0.1, 0.15) is 0 Å². The van der Waals surface area contributed by atoms with Gasteiger partial charge in [-0.25, -0.2) is 0 Å². The quantitative estimate of drug-likeness (QED) is 0.764. The lowest BCUT2D eigenvalue weighted by atomic mass is 9.82. The van der Waals surface area contributed by atoms with E-state index in [-0.39, 0.29) is 5.91 Å². The van der Waals surface area contributed by atoms with Gasteiger partial charge in [0, 0.05) is 5.02 Å². The van der Waals surface area contributed by atoms with Crippen molar-refractivity contribution in [3.05, 3.63) is 58.4 Å². The van der Waals surface area contributed by atoms with E-state index >= 15 is 0 Å². The molecule has 27 heavy (non-hydrogen) atoms. The third kappa shape index (κ3) is 4.22. The lowest BCUT2D eigenvalue weighted by molar-refractivity contribution is -0.146. The van der Waals surface area contributed by atoms with Crippen LogP contribution in [0.4, 0.5) is 5.69 Å². The highest BCUT2D eigenvalue weighted by molar-refractivity contribution is 6.30. The third-order valence-corrected chi connectivity index (χ3v) is 5.21. The predicted octanol–water partition coefficient (Wildman–Crippen LogP) is 3.81. The fourth-order valence-electron chi connectivity index (χ4n) is 3.39. The van der Waals surface area contributed by atoms with E-state index in [1.54, 1.807) is 0 Å². The Bertz CT molecular complexity index is 887. The molecule has 0 unspecified atom stereocenters. The van der Waals surface area contributed by atoms with Gasteiger partial charge in [0.2, 0.25) is 5.91 Å². The molecule has 1 aromatic heterocycles. The number of rotatable bonds is 5. The smallest absolute Gasteiger partial charge is 0.307 e. The molecule has 7 heteroatoms. The number of aliphatic carboxylic acids is 1. The Hall–Kier alpha value is -2.60. The second-order valence-corrected chi connectivity index (χ2v) is 7.25. The summed E-state index contributed by atoms with van der Waals surface area (Å²) in [5.41, 5.74) is 3.22. The maximum atomic E-state index is 12.7. The lowest BCUT2D eigenvalue weighted by Gasteiger charge is -2.24. The predicted molar refractivity (Wildman–Crippen MR) is 104 cm³/mol. The number of allylic oxidation sites excluding steroid dienone is 2. The number of carboxylic acid groups (broad SMARTS) is 1. The van der Waals surface area contributed by atoms with Crippen LogP contribution >= 0.6 is 11.6 Å². The van der Waals surface area contributed by atoms with Crippen molar-refractivity contribution in [2.45, 2.75) is 33.2 Å². The molecule has 142 valence electrons. The monoisotopic (exact) mass is 387 g/mol. The van der Waals surface area contributed by atoms with Crippen LogP contribution in [-0.4, -0.2) is 26.8 Å². The summed E-state index contributed by atoms with van der Waals surface area (Å²) in [4.78, 5) is 24.2. The van der Waals surface area contributed by atoms with E-state index in [0.717, 1.165) is 11.3 Å². The average Bonchev–Trinajstić information content (AvgIpc) is 2.91. The highest BCUT2D eigenvalue weighted by Gasteiger charge is 2.34. The largest absolute Gasteiger partial charge is 0.481 e. The van der Waals surface area contributed by atoms with E-state index in [1.165, 1.54) is 0 Å². The number of hydrogen-bond donors (Lipinski definition) is 2. The van der Waals surface area contributed by atoms with Crippen LogP contribution in [0, 0.1) is 25.7 Å². The van der Waals surface area contributed by atoms with Gasteiger partial charge in [-0.15, -0.1) is 0 Å². The fourth-order valence-corrected chi connectivity index (χ4v) is 3.51. The molecule has 2 atom stereocenters. The van der Waals surface area contributed by atoms with E-state index < -0.39 is 17.8 Å². The van der Waals surface area contributed by atoms with Crippen molar-refractivity contribution in [2.75, 3.05) is 5.32 Å². The Balaban J connectivity index is 1.78. The van der Waals surface area contributed by atoms with Crippen LogP contribution in [0.15, 0.2) is 36.4 Å². The number of aromatic nitrogens is 2. The van der Waals surface area contributed by atoms with E-state index in [9.17, 15) is 14.7 Å². The van der Waals surface area contributed by atoms with E-state index in [1.807, 2.05) is 54.9 Å². The number of amides is 1. The number of carbonyl (C=O) groups is 2. The summed E-state index contributed by atoms with van der Waals surface area (Å²) in [5.74, 6) is -2.49. The number of carbonyl (C=O) groups excluding carboxylic acids is 1. The summed E-state index contributed by atoms with van der Waals surface area (Å²) in [6.07, 6.45) is 4.50. The molecule has 3 rings (SSSR count). The summed E-state index contributed by atoms with van der Waals surface area (Å²) in [6.45, 7) is 4.28. The van der Waals surface area contributed by atoms with Crippen molar-refractivity contribution in [1.29, 1.82) is 0 Å². The van der Waals surface area contributed by atoms with Crippen molar-refractivity contribution < 1.29 is 14.7 Å². The Labute approximate surface area is 162 Å². The zero-order valence-corrected chi connectivity index (χ0v) is 16.0. The van der Waals surface area contributed by atoms with Crippen LogP contribution in [0.25, 0.3) is 0 Å². The SMILES string of the molecule is Cc1nn(Cc2ccc(Cl)cc2)c(C)c1NC(=O)[C@H]1CC=CC[C@@H]1C(=O)O. The van der Waals surface area contributed by atoms with E-state index in [2.05, 4.69) is 10.4 Å². The minimum Gasteiger partial charge on any atom is -0.481 e. The Morgan fingerprint density at radius 2 is 1.81 bits per heavy atom. The number of nitrogens with one attached hydrogen (secondary N) is 1. The highest BCUT2D eigenvalue weighted by Crippen LogP contribution is 2.29. The number of anilines is 1. The van der Waals surface area contributed by atoms with Gasteiger partial charge >= 0.3 is 5.97 Å². The van der Waals surface area contributed by atoms with Crippen molar-refractivity contribution in [2.24, 2.45) is 11.8 Å². The Morgan fingerprint density at radius 1 is 1.19 bits per heavy atom. The molecule has 1 aliphatic carbocycles. The minimum absolute atomic E-state index is 0.274. The minimum atomic E-state index is -0.939. The van der Waals surface area contributed by atoms with Gasteiger partial charge in [0.05, 0.1) is 35.5 Å². The van der Waals surface area contributed by atoms with Gasteiger partial charge < -0.3 is 10.4 Å². The van der Waals surface area contributed by atoms with E-state index in [0.29, 0.717) is 35.8 Å². The maximum absolute atomic E-state index is 12.7. The molecule has 6 nitrogen and oxygen atoms in total. The first kappa shape index (κ1) is 19.2. The zero-order valence-electron chi connectivity index (χ0n) is 15.3. The molecule has 1 aliphatic rings. The number of nitrogens with zero attached hydrogens (tertiary/aromatic N) is 2. The zero-order chi connectivity index (χ0) is 19.6. The van der Waals surface area contributed by atoms with Crippen LogP contribution < -0.4 is 5.32 Å². The van der Waals surface area contributed by atoms with Crippen LogP contribution in [0.5, 0.6) is 0 Å². The molecule has 1 heterocycles. The molecule has 0 spiro atoms. The summed E-state index contributed by atoms with van der Waals surface area (Å²) in [6, 6.07) is 7.52. The fraction of sp³-hybridized carbons (Fsp3) is 0.350. The highest BCUT2D eigenvalue weighted by atomic mass is 35.5. The maximum Gasteiger partial charge on any atom is 0.307 e. The van der Waals surface area contributed by atoms with Crippen LogP contribution in [0.2, 0.25) is 5.02 Å². The molecule has 0 saturated heterocycles. The summed E-state index contributed by atoms with van der Waals surface area (Å²) >= 11 is 5.92. The van der Waals surface area contributed by atoms with Crippen LogP contribution in [0.1, 0.15) is 29.8 Å². The number of hydrogen-bond acceptors (Lipinski definition) is 3. The molecule has 0 radical (unpaired) electrons. The number of halogens is 1. The van der Waals surface area contributed by atoms with Gasteiger partial charge in [-0.3, -0.25) is 14.3 Å². The number of aryl methyl sites for hydroxylation is 1. The molecule has 0 aliphatic heterocycles. The summed E-state index contributed by atoms with van der Waals surface area (Å²) in [5, 5.41) is 17.5. The van der Waals surface area contributed by atoms with Crippen molar-refractivity contribution >= 4 is 29.2 Å². The van der Waals surface area contributed by atoms with E-state index in [4.69, 9.17) is 11.6 Å². The molecular formula is C20H22ClN3O3. The molecule has 2 aromatic rings. The third-order valence-electron chi connectivity index (χ3n) is 4.96. The Kier molecular flexibility index (Phi) is 5.65. The van der Waals surface area contributed by atoms with Crippen molar-refractivity contribution in [1.82, 2.24) is 9.78 Å². The van der Waals surface area contributed by atoms with Gasteiger partial charge in [0.25, 0.3) is 0 Å². The second-order valence-electron chi connectivity index (χ2n) is 6.81. The van der Waals surface area contributed by atoms with Crippen molar-refractivity contribution in [3.63, 3.8) is 0 Å². The second kappa shape index (κ2) is 7.96. The van der Waals surface area contributed by atoms with Gasteiger partial charge in [-0.1, -0.05) is 35.9 Å². The standard InChI is InChI=1S/C20H22ClN3O3/c1-12-18(22-19(25)16-5-3-4-6-17(16)20(26)27)13(2)24(23-12)11-14-7-9-15(21)10-8-14/h3-4,7-10,16-17H,5-6,11H2,1-2H3,(H,22,25)(H,26,27)/t16-,17-/m0/s1. The number of carboxylic acids is 1. The average molecular weight is 388 g/mol. The molecule has 0 fully saturated rings. The molecule has 2 N–H and O–H groups in total. The van der Waals surface area contributed by atoms with Gasteiger partial charge in [0.15, 0.2) is 0 Å². The van der Waals surface area contributed by atoms with Crippen LogP contribution in [0.3, 0.4) is 0 Å².